The summed E-state index contributed by atoms with van der Waals surface area (Å²) in [5.41, 5.74) is 1.79. The fourth-order valence-corrected chi connectivity index (χ4v) is 6.91. The summed E-state index contributed by atoms with van der Waals surface area (Å²) in [6, 6.07) is 30.9. The van der Waals surface area contributed by atoms with Crippen LogP contribution in [-0.4, -0.2) is 55.1 Å². The Balaban J connectivity index is 1.44. The molecule has 5 rings (SSSR count). The Bertz CT molecular complexity index is 1640. The number of nitrogens with zero attached hydrogens (tertiary/aromatic N) is 2. The van der Waals surface area contributed by atoms with Gasteiger partial charge in [0.25, 0.3) is 0 Å². The van der Waals surface area contributed by atoms with Gasteiger partial charge in [0.05, 0.1) is 11.4 Å². The summed E-state index contributed by atoms with van der Waals surface area (Å²) in [6.45, 7) is -0.219. The Hall–Kier alpha value is -4.01. The maximum Gasteiger partial charge on any atom is 0.243 e. The monoisotopic (exact) mass is 597 g/mol. The van der Waals surface area contributed by atoms with E-state index >= 15 is 0 Å². The molecule has 2 amide bonds. The first-order chi connectivity index (χ1) is 20.8. The van der Waals surface area contributed by atoms with Crippen LogP contribution in [0.15, 0.2) is 108 Å². The Morgan fingerprint density at radius 3 is 2.07 bits per heavy atom. The molecule has 0 radical (unpaired) electrons. The van der Waals surface area contributed by atoms with Gasteiger partial charge >= 0.3 is 0 Å². The highest BCUT2D eigenvalue weighted by molar-refractivity contribution is 7.89. The van der Waals surface area contributed by atoms with Crippen molar-refractivity contribution >= 4 is 32.6 Å². The molecule has 0 unspecified atom stereocenters. The highest BCUT2D eigenvalue weighted by Gasteiger charge is 2.34. The molecular formula is C35H39N3O4S. The summed E-state index contributed by atoms with van der Waals surface area (Å²) < 4.78 is 28.3. The number of hydrogen-bond donors (Lipinski definition) is 1. The lowest BCUT2D eigenvalue weighted by Gasteiger charge is -2.34. The molecule has 0 aliphatic heterocycles. The number of carbonyl (C=O) groups is 2. The fraction of sp³-hybridized carbons (Fsp3) is 0.314. The molecule has 0 bridgehead atoms. The molecule has 1 saturated carbocycles. The van der Waals surface area contributed by atoms with Gasteiger partial charge in [0, 0.05) is 26.1 Å². The van der Waals surface area contributed by atoms with Crippen molar-refractivity contribution in [2.24, 2.45) is 0 Å². The van der Waals surface area contributed by atoms with Gasteiger partial charge in [-0.25, -0.2) is 8.42 Å². The molecule has 1 aliphatic carbocycles. The second-order valence-corrected chi connectivity index (χ2v) is 13.4. The van der Waals surface area contributed by atoms with Gasteiger partial charge in [0.15, 0.2) is 0 Å². The molecule has 8 heteroatoms. The number of hydrogen-bond acceptors (Lipinski definition) is 4. The Morgan fingerprint density at radius 1 is 0.791 bits per heavy atom. The highest BCUT2D eigenvalue weighted by Crippen LogP contribution is 2.23. The Labute approximate surface area is 254 Å². The summed E-state index contributed by atoms with van der Waals surface area (Å²) >= 11 is 0. The molecule has 0 aromatic heterocycles. The lowest BCUT2D eigenvalue weighted by Crippen LogP contribution is -2.54. The number of likely N-dealkylation sites (N-methyl/N-ethyl adjacent to an activating group) is 1. The van der Waals surface area contributed by atoms with Crippen LogP contribution < -0.4 is 5.32 Å². The zero-order valence-electron chi connectivity index (χ0n) is 24.6. The van der Waals surface area contributed by atoms with Crippen molar-refractivity contribution in [3.05, 3.63) is 114 Å². The summed E-state index contributed by atoms with van der Waals surface area (Å²) in [5.74, 6) is -0.643. The van der Waals surface area contributed by atoms with E-state index in [-0.39, 0.29) is 23.4 Å². The second kappa shape index (κ2) is 14.0. The van der Waals surface area contributed by atoms with E-state index in [4.69, 9.17) is 0 Å². The molecule has 43 heavy (non-hydrogen) atoms. The van der Waals surface area contributed by atoms with E-state index in [0.29, 0.717) is 6.42 Å². The van der Waals surface area contributed by atoms with Crippen LogP contribution in [-0.2, 0) is 32.6 Å². The van der Waals surface area contributed by atoms with Crippen LogP contribution in [0.1, 0.15) is 43.2 Å². The second-order valence-electron chi connectivity index (χ2n) is 11.3. The number of fused-ring (bicyclic) bond motifs is 1. The predicted molar refractivity (Wildman–Crippen MR) is 170 cm³/mol. The maximum absolute atomic E-state index is 14.1. The van der Waals surface area contributed by atoms with Crippen molar-refractivity contribution in [2.45, 2.75) is 62.0 Å². The molecule has 1 N–H and O–H groups in total. The van der Waals surface area contributed by atoms with Crippen LogP contribution in [0.25, 0.3) is 10.8 Å². The summed E-state index contributed by atoms with van der Waals surface area (Å²) in [4.78, 5) is 29.7. The summed E-state index contributed by atoms with van der Waals surface area (Å²) in [7, 11) is -2.56. The quantitative estimate of drug-likeness (QED) is 0.246. The number of nitrogens with one attached hydrogen (secondary N) is 1. The minimum absolute atomic E-state index is 0.0733. The average Bonchev–Trinajstić information content (AvgIpc) is 3.03. The van der Waals surface area contributed by atoms with E-state index in [1.807, 2.05) is 84.9 Å². The van der Waals surface area contributed by atoms with Crippen molar-refractivity contribution in [1.82, 2.24) is 14.5 Å². The minimum Gasteiger partial charge on any atom is -0.352 e. The van der Waals surface area contributed by atoms with E-state index in [1.54, 1.807) is 23.1 Å². The Kier molecular flexibility index (Phi) is 9.89. The van der Waals surface area contributed by atoms with Crippen molar-refractivity contribution < 1.29 is 18.0 Å². The number of sulfonamides is 1. The van der Waals surface area contributed by atoms with E-state index in [1.165, 1.54) is 7.05 Å². The normalized spacial score (nSPS) is 14.8. The van der Waals surface area contributed by atoms with E-state index in [2.05, 4.69) is 5.32 Å². The molecule has 7 nitrogen and oxygen atoms in total. The predicted octanol–water partition coefficient (Wildman–Crippen LogP) is 5.55. The molecule has 0 heterocycles. The number of benzene rings is 4. The molecule has 1 atom stereocenters. The van der Waals surface area contributed by atoms with Crippen molar-refractivity contribution in [1.29, 1.82) is 0 Å². The number of amides is 2. The number of carbonyl (C=O) groups excluding carboxylic acids is 2. The molecule has 0 spiro atoms. The largest absolute Gasteiger partial charge is 0.352 e. The molecule has 1 fully saturated rings. The van der Waals surface area contributed by atoms with Gasteiger partial charge in [-0.3, -0.25) is 9.59 Å². The zero-order chi connectivity index (χ0) is 30.2. The molecule has 4 aromatic carbocycles. The third kappa shape index (κ3) is 7.69. The molecule has 0 saturated heterocycles. The SMILES string of the molecule is CN(CC(=O)N(Cc1ccccc1)[C@H](Cc1ccccc1)C(=O)NC1CCCCC1)S(=O)(=O)c1ccc2ccccc2c1. The third-order valence-corrected chi connectivity index (χ3v) is 10.0. The first-order valence-corrected chi connectivity index (χ1v) is 16.4. The van der Waals surface area contributed by atoms with Gasteiger partial charge in [-0.1, -0.05) is 110 Å². The molecule has 1 aliphatic rings. The van der Waals surface area contributed by atoms with E-state index < -0.39 is 28.5 Å². The molecule has 224 valence electrons. The highest BCUT2D eigenvalue weighted by atomic mass is 32.2. The van der Waals surface area contributed by atoms with Crippen LogP contribution in [0.5, 0.6) is 0 Å². The zero-order valence-corrected chi connectivity index (χ0v) is 25.4. The fourth-order valence-electron chi connectivity index (χ4n) is 5.75. The lowest BCUT2D eigenvalue weighted by molar-refractivity contribution is -0.141. The molecule has 4 aromatic rings. The standard InChI is InChI=1S/C35H39N3O4S/c1-37(43(41,42)32-22-21-29-17-11-12-18-30(29)24-32)26-34(39)38(25-28-15-7-3-8-16-28)33(23-27-13-5-2-6-14-27)35(40)36-31-19-9-4-10-20-31/h2-3,5-8,11-18,21-22,24,31,33H,4,9-10,19-20,23,25-26H2,1H3,(H,36,40)/t33-/m1/s1. The first kappa shape index (κ1) is 30.4. The van der Waals surface area contributed by atoms with E-state index in [9.17, 15) is 18.0 Å². The van der Waals surface area contributed by atoms with Crippen LogP contribution in [0.3, 0.4) is 0 Å². The van der Waals surface area contributed by atoms with Gasteiger partial charge in [0.2, 0.25) is 21.8 Å². The van der Waals surface area contributed by atoms with Crippen molar-refractivity contribution in [3.8, 4) is 0 Å². The van der Waals surface area contributed by atoms with Crippen LogP contribution in [0, 0.1) is 0 Å². The van der Waals surface area contributed by atoms with Crippen LogP contribution in [0.4, 0.5) is 0 Å². The maximum atomic E-state index is 14.1. The van der Waals surface area contributed by atoms with Gasteiger partial charge in [-0.15, -0.1) is 0 Å². The average molecular weight is 598 g/mol. The van der Waals surface area contributed by atoms with Crippen molar-refractivity contribution in [3.63, 3.8) is 0 Å². The van der Waals surface area contributed by atoms with Crippen LogP contribution in [0.2, 0.25) is 0 Å². The minimum atomic E-state index is -3.97. The van der Waals surface area contributed by atoms with Gasteiger partial charge in [0.1, 0.15) is 6.04 Å². The van der Waals surface area contributed by atoms with Crippen molar-refractivity contribution in [2.75, 3.05) is 13.6 Å². The lowest BCUT2D eigenvalue weighted by atomic mass is 9.94. The number of rotatable bonds is 11. The van der Waals surface area contributed by atoms with Gasteiger partial charge < -0.3 is 10.2 Å². The summed E-state index contributed by atoms with van der Waals surface area (Å²) in [6.07, 6.45) is 5.46. The molecular weight excluding hydrogens is 558 g/mol. The van der Waals surface area contributed by atoms with Gasteiger partial charge in [-0.2, -0.15) is 4.31 Å². The van der Waals surface area contributed by atoms with Crippen LogP contribution >= 0.6 is 0 Å². The summed E-state index contributed by atoms with van der Waals surface area (Å²) in [5, 5.41) is 4.96. The van der Waals surface area contributed by atoms with Gasteiger partial charge in [-0.05, 0) is 46.9 Å². The Morgan fingerprint density at radius 2 is 1.40 bits per heavy atom. The van der Waals surface area contributed by atoms with E-state index in [0.717, 1.165) is 58.3 Å². The first-order valence-electron chi connectivity index (χ1n) is 14.9. The topological polar surface area (TPSA) is 86.8 Å². The third-order valence-electron chi connectivity index (χ3n) is 8.21. The smallest absolute Gasteiger partial charge is 0.243 e.